The summed E-state index contributed by atoms with van der Waals surface area (Å²) in [7, 11) is -3.95. The molecule has 2 aliphatic heterocycles. The zero-order chi connectivity index (χ0) is 24.3. The number of hydrogen-bond donors (Lipinski definition) is 0. The van der Waals surface area contributed by atoms with Gasteiger partial charge < -0.3 is 14.3 Å². The third-order valence-corrected chi connectivity index (χ3v) is 8.64. The Morgan fingerprint density at radius 2 is 1.91 bits per heavy atom. The lowest BCUT2D eigenvalue weighted by Gasteiger charge is -2.38. The van der Waals surface area contributed by atoms with Crippen molar-refractivity contribution in [2.75, 3.05) is 45.8 Å². The first-order valence-electron chi connectivity index (χ1n) is 11.7. The number of amides is 1. The number of nitrogens with zero attached hydrogens (tertiary/aromatic N) is 4. The minimum atomic E-state index is -3.95. The van der Waals surface area contributed by atoms with Crippen LogP contribution in [0.5, 0.6) is 0 Å². The van der Waals surface area contributed by atoms with Crippen LogP contribution in [-0.2, 0) is 14.8 Å². The zero-order valence-corrected chi connectivity index (χ0v) is 20.4. The SMILES string of the molecule is CCN1CCN(C(=O)[C@@H]2CCCN(S(=O)(=O)c3c(C)noc3/C=C/c3ccccc3F)C2)CC1. The predicted octanol–water partition coefficient (Wildman–Crippen LogP) is 2.86. The summed E-state index contributed by atoms with van der Waals surface area (Å²) in [5, 5.41) is 3.85. The number of carbonyl (C=O) groups is 1. The van der Waals surface area contributed by atoms with Gasteiger partial charge >= 0.3 is 0 Å². The smallest absolute Gasteiger partial charge is 0.248 e. The number of halogens is 1. The van der Waals surface area contributed by atoms with Crippen molar-refractivity contribution >= 4 is 28.1 Å². The topological polar surface area (TPSA) is 87.0 Å². The molecule has 184 valence electrons. The van der Waals surface area contributed by atoms with Crippen molar-refractivity contribution in [3.8, 4) is 0 Å². The quantitative estimate of drug-likeness (QED) is 0.619. The van der Waals surface area contributed by atoms with E-state index in [2.05, 4.69) is 17.0 Å². The Bertz CT molecular complexity index is 1160. The van der Waals surface area contributed by atoms with E-state index < -0.39 is 15.8 Å². The number of aromatic nitrogens is 1. The van der Waals surface area contributed by atoms with Crippen molar-refractivity contribution in [3.05, 3.63) is 47.1 Å². The largest absolute Gasteiger partial charge is 0.355 e. The lowest BCUT2D eigenvalue weighted by molar-refractivity contribution is -0.138. The maximum Gasteiger partial charge on any atom is 0.248 e. The van der Waals surface area contributed by atoms with Crippen molar-refractivity contribution in [1.29, 1.82) is 0 Å². The minimum Gasteiger partial charge on any atom is -0.355 e. The van der Waals surface area contributed by atoms with E-state index in [4.69, 9.17) is 4.52 Å². The van der Waals surface area contributed by atoms with Crippen molar-refractivity contribution < 1.29 is 22.1 Å². The van der Waals surface area contributed by atoms with E-state index in [0.717, 1.165) is 19.6 Å². The molecule has 0 bridgehead atoms. The first kappa shape index (κ1) is 24.6. The van der Waals surface area contributed by atoms with Gasteiger partial charge in [0.15, 0.2) is 10.7 Å². The van der Waals surface area contributed by atoms with Crippen LogP contribution in [0, 0.1) is 18.7 Å². The summed E-state index contributed by atoms with van der Waals surface area (Å²) in [6.45, 7) is 8.13. The first-order valence-corrected chi connectivity index (χ1v) is 13.2. The molecule has 0 N–H and O–H groups in total. The van der Waals surface area contributed by atoms with Crippen LogP contribution in [0.1, 0.15) is 36.8 Å². The Hall–Kier alpha value is -2.56. The van der Waals surface area contributed by atoms with Gasteiger partial charge in [-0.1, -0.05) is 30.3 Å². The van der Waals surface area contributed by atoms with Gasteiger partial charge in [-0.2, -0.15) is 4.31 Å². The van der Waals surface area contributed by atoms with Gasteiger partial charge in [-0.3, -0.25) is 4.79 Å². The van der Waals surface area contributed by atoms with E-state index in [9.17, 15) is 17.6 Å². The summed E-state index contributed by atoms with van der Waals surface area (Å²) in [5.74, 6) is -0.715. The Morgan fingerprint density at radius 3 is 2.62 bits per heavy atom. The van der Waals surface area contributed by atoms with Crippen LogP contribution in [0.25, 0.3) is 12.2 Å². The Kier molecular flexibility index (Phi) is 7.49. The molecule has 0 aliphatic carbocycles. The van der Waals surface area contributed by atoms with E-state index in [1.807, 2.05) is 4.90 Å². The Balaban J connectivity index is 1.52. The molecule has 0 unspecified atom stereocenters. The average Bonchev–Trinajstić information content (AvgIpc) is 3.24. The molecule has 0 spiro atoms. The highest BCUT2D eigenvalue weighted by atomic mass is 32.2. The van der Waals surface area contributed by atoms with Crippen molar-refractivity contribution in [2.45, 2.75) is 31.6 Å². The maximum absolute atomic E-state index is 14.0. The molecule has 3 heterocycles. The zero-order valence-electron chi connectivity index (χ0n) is 19.6. The molecule has 2 saturated heterocycles. The number of hydrogen-bond acceptors (Lipinski definition) is 6. The number of piperidine rings is 1. The van der Waals surface area contributed by atoms with Crippen LogP contribution >= 0.6 is 0 Å². The molecule has 2 fully saturated rings. The minimum absolute atomic E-state index is 0.0253. The van der Waals surface area contributed by atoms with Crippen LogP contribution in [0.3, 0.4) is 0 Å². The number of likely N-dealkylation sites (N-methyl/N-ethyl adjacent to an activating group) is 1. The molecule has 10 heteroatoms. The Labute approximate surface area is 200 Å². The third-order valence-electron chi connectivity index (χ3n) is 6.62. The summed E-state index contributed by atoms with van der Waals surface area (Å²) in [5.41, 5.74) is 0.545. The van der Waals surface area contributed by atoms with Gasteiger partial charge in [-0.05, 0) is 44.5 Å². The molecule has 2 aromatic rings. The fourth-order valence-electron chi connectivity index (χ4n) is 4.61. The second kappa shape index (κ2) is 10.4. The fourth-order valence-corrected chi connectivity index (χ4v) is 6.38. The van der Waals surface area contributed by atoms with Gasteiger partial charge in [0.05, 0.1) is 5.92 Å². The van der Waals surface area contributed by atoms with Gasteiger partial charge in [-0.25, -0.2) is 12.8 Å². The van der Waals surface area contributed by atoms with Gasteiger partial charge in [0, 0.05) is 44.8 Å². The lowest BCUT2D eigenvalue weighted by atomic mass is 9.98. The predicted molar refractivity (Wildman–Crippen MR) is 127 cm³/mol. The van der Waals surface area contributed by atoms with Gasteiger partial charge in [0.25, 0.3) is 0 Å². The van der Waals surface area contributed by atoms with Crippen molar-refractivity contribution in [3.63, 3.8) is 0 Å². The highest BCUT2D eigenvalue weighted by molar-refractivity contribution is 7.89. The van der Waals surface area contributed by atoms with Gasteiger partial charge in [0.2, 0.25) is 15.9 Å². The fraction of sp³-hybridized carbons (Fsp3) is 0.500. The van der Waals surface area contributed by atoms with Crippen molar-refractivity contribution in [1.82, 2.24) is 19.3 Å². The highest BCUT2D eigenvalue weighted by Crippen LogP contribution is 2.30. The van der Waals surface area contributed by atoms with E-state index in [1.54, 1.807) is 25.1 Å². The summed E-state index contributed by atoms with van der Waals surface area (Å²) in [4.78, 5) is 17.3. The molecular weight excluding hydrogens is 459 g/mol. The summed E-state index contributed by atoms with van der Waals surface area (Å²) in [6.07, 6.45) is 4.16. The summed E-state index contributed by atoms with van der Waals surface area (Å²) in [6, 6.07) is 6.19. The number of benzene rings is 1. The van der Waals surface area contributed by atoms with E-state index in [0.29, 0.717) is 38.0 Å². The second-order valence-corrected chi connectivity index (χ2v) is 10.7. The van der Waals surface area contributed by atoms with Crippen LogP contribution in [0.15, 0.2) is 33.7 Å². The van der Waals surface area contributed by atoms with Crippen LogP contribution in [-0.4, -0.2) is 79.4 Å². The Morgan fingerprint density at radius 1 is 1.18 bits per heavy atom. The van der Waals surface area contributed by atoms with E-state index in [-0.39, 0.29) is 34.7 Å². The third kappa shape index (κ3) is 5.08. The molecule has 1 atom stereocenters. The highest BCUT2D eigenvalue weighted by Gasteiger charge is 2.38. The molecule has 1 amide bonds. The lowest BCUT2D eigenvalue weighted by Crippen LogP contribution is -2.52. The summed E-state index contributed by atoms with van der Waals surface area (Å²) < 4.78 is 47.8. The van der Waals surface area contributed by atoms with Crippen molar-refractivity contribution in [2.24, 2.45) is 5.92 Å². The van der Waals surface area contributed by atoms with E-state index >= 15 is 0 Å². The van der Waals surface area contributed by atoms with Crippen LogP contribution in [0.4, 0.5) is 4.39 Å². The standard InChI is InChI=1S/C24H31FN4O4S/c1-3-27-13-15-28(16-14-27)24(30)20-8-6-12-29(17-20)34(31,32)23-18(2)26-33-22(23)11-10-19-7-4-5-9-21(19)25/h4-5,7,9-11,20H,3,6,8,12-17H2,1-2H3/b11-10+/t20-/m1/s1. The normalized spacial score (nSPS) is 20.8. The van der Waals surface area contributed by atoms with Crippen LogP contribution < -0.4 is 0 Å². The number of sulfonamides is 1. The molecule has 1 aromatic carbocycles. The maximum atomic E-state index is 14.0. The molecule has 0 radical (unpaired) electrons. The molecule has 2 aliphatic rings. The summed E-state index contributed by atoms with van der Waals surface area (Å²) >= 11 is 0. The van der Waals surface area contributed by atoms with E-state index in [1.165, 1.54) is 22.5 Å². The molecule has 34 heavy (non-hydrogen) atoms. The monoisotopic (exact) mass is 490 g/mol. The number of rotatable bonds is 6. The average molecular weight is 491 g/mol. The number of aryl methyl sites for hydroxylation is 1. The number of carbonyl (C=O) groups excluding carboxylic acids is 1. The molecule has 8 nitrogen and oxygen atoms in total. The van der Waals surface area contributed by atoms with Crippen LogP contribution in [0.2, 0.25) is 0 Å². The molecule has 1 aromatic heterocycles. The molecule has 0 saturated carbocycles. The number of piperazine rings is 1. The van der Waals surface area contributed by atoms with Gasteiger partial charge in [-0.15, -0.1) is 0 Å². The van der Waals surface area contributed by atoms with Gasteiger partial charge in [0.1, 0.15) is 11.5 Å². The molecular formula is C24H31FN4O4S. The molecule has 4 rings (SSSR count). The first-order chi connectivity index (χ1) is 16.3. The second-order valence-electron chi connectivity index (χ2n) is 8.78.